The van der Waals surface area contributed by atoms with E-state index in [1.807, 2.05) is 6.92 Å². The predicted octanol–water partition coefficient (Wildman–Crippen LogP) is 4.41. The van der Waals surface area contributed by atoms with E-state index in [-0.39, 0.29) is 0 Å². The van der Waals surface area contributed by atoms with Gasteiger partial charge < -0.3 is 0 Å². The Balaban J connectivity index is 1.58. The molecule has 0 bridgehead atoms. The quantitative estimate of drug-likeness (QED) is 0.719. The maximum atomic E-state index is 12.0. The second kappa shape index (κ2) is 5.18. The normalized spacial score (nSPS) is 50.9. The van der Waals surface area contributed by atoms with Gasteiger partial charge in [-0.05, 0) is 86.9 Å². The molecular weight excluding hydrogens is 272 g/mol. The van der Waals surface area contributed by atoms with E-state index in [9.17, 15) is 9.59 Å². The second-order valence-electron chi connectivity index (χ2n) is 8.99. The van der Waals surface area contributed by atoms with Crippen LogP contribution in [0.5, 0.6) is 0 Å². The molecule has 0 N–H and O–H groups in total. The summed E-state index contributed by atoms with van der Waals surface area (Å²) in [5, 5.41) is 0. The molecule has 0 amide bonds. The Labute approximate surface area is 134 Å². The summed E-state index contributed by atoms with van der Waals surface area (Å²) >= 11 is 0. The van der Waals surface area contributed by atoms with Crippen molar-refractivity contribution in [1.29, 1.82) is 0 Å². The molecular formula is C20H30O2. The third-order valence-electron chi connectivity index (χ3n) is 8.32. The number of Topliss-reactive ketones (excluding diaryl/α,β-unsaturated/α-hetero) is 2. The molecule has 4 fully saturated rings. The van der Waals surface area contributed by atoms with Gasteiger partial charge in [0, 0.05) is 18.8 Å². The molecule has 0 heterocycles. The van der Waals surface area contributed by atoms with Crippen molar-refractivity contribution in [1.82, 2.24) is 0 Å². The highest BCUT2D eigenvalue weighted by Gasteiger charge is 2.56. The molecule has 4 aliphatic carbocycles. The summed E-state index contributed by atoms with van der Waals surface area (Å²) in [7, 11) is 0. The lowest BCUT2D eigenvalue weighted by Crippen LogP contribution is -2.51. The van der Waals surface area contributed by atoms with E-state index in [1.165, 1.54) is 32.1 Å². The molecule has 0 unspecified atom stereocenters. The molecule has 0 aromatic heterocycles. The lowest BCUT2D eigenvalue weighted by molar-refractivity contribution is -0.136. The van der Waals surface area contributed by atoms with Gasteiger partial charge in [-0.15, -0.1) is 0 Å². The molecule has 0 aromatic carbocycles. The van der Waals surface area contributed by atoms with Crippen molar-refractivity contribution in [2.75, 3.05) is 0 Å². The average molecular weight is 302 g/mol. The van der Waals surface area contributed by atoms with Crippen LogP contribution in [0.3, 0.4) is 0 Å². The number of rotatable bonds is 1. The van der Waals surface area contributed by atoms with Crippen LogP contribution in [-0.2, 0) is 9.59 Å². The van der Waals surface area contributed by atoms with Gasteiger partial charge in [0.2, 0.25) is 0 Å². The highest BCUT2D eigenvalue weighted by molar-refractivity contribution is 5.80. The second-order valence-corrected chi connectivity index (χ2v) is 8.99. The van der Waals surface area contributed by atoms with Gasteiger partial charge in [0.15, 0.2) is 0 Å². The summed E-state index contributed by atoms with van der Waals surface area (Å²) in [6.07, 6.45) is 10.4. The maximum absolute atomic E-state index is 12.0. The SMILES string of the molecule is CC(=O)[C@H]1CC[C@@H]2[C@@H]1CC[C@H]1[C@H]2CC[C@H]2CC(=O)CC[C@@]21C. The fourth-order valence-corrected chi connectivity index (χ4v) is 7.21. The van der Waals surface area contributed by atoms with Gasteiger partial charge in [0.1, 0.15) is 11.6 Å². The minimum atomic E-state index is 0.365. The van der Waals surface area contributed by atoms with Crippen LogP contribution >= 0.6 is 0 Å². The highest BCUT2D eigenvalue weighted by atomic mass is 16.1. The molecule has 2 nitrogen and oxygen atoms in total. The van der Waals surface area contributed by atoms with E-state index in [2.05, 4.69) is 6.92 Å². The van der Waals surface area contributed by atoms with Crippen LogP contribution in [-0.4, -0.2) is 11.6 Å². The number of fused-ring (bicyclic) bond motifs is 5. The van der Waals surface area contributed by atoms with Gasteiger partial charge in [0.05, 0.1) is 0 Å². The summed E-state index contributed by atoms with van der Waals surface area (Å²) in [5.74, 6) is 5.12. The molecule has 0 spiro atoms. The van der Waals surface area contributed by atoms with Gasteiger partial charge >= 0.3 is 0 Å². The van der Waals surface area contributed by atoms with Crippen molar-refractivity contribution < 1.29 is 9.59 Å². The first-order chi connectivity index (χ1) is 10.5. The molecule has 122 valence electrons. The van der Waals surface area contributed by atoms with Gasteiger partial charge in [-0.1, -0.05) is 6.92 Å². The topological polar surface area (TPSA) is 34.1 Å². The zero-order valence-corrected chi connectivity index (χ0v) is 14.1. The number of carbonyl (C=O) groups is 2. The lowest BCUT2D eigenvalue weighted by Gasteiger charge is -2.58. The largest absolute Gasteiger partial charge is 0.300 e. The zero-order chi connectivity index (χ0) is 15.5. The Kier molecular flexibility index (Phi) is 3.51. The number of hydrogen-bond acceptors (Lipinski definition) is 2. The average Bonchev–Trinajstić information content (AvgIpc) is 2.92. The fraction of sp³-hybridized carbons (Fsp3) is 0.900. The maximum Gasteiger partial charge on any atom is 0.133 e. The van der Waals surface area contributed by atoms with Crippen molar-refractivity contribution in [2.24, 2.45) is 40.9 Å². The van der Waals surface area contributed by atoms with Crippen LogP contribution in [0.2, 0.25) is 0 Å². The Morgan fingerprint density at radius 1 is 1.00 bits per heavy atom. The van der Waals surface area contributed by atoms with E-state index in [0.29, 0.717) is 34.7 Å². The van der Waals surface area contributed by atoms with E-state index in [4.69, 9.17) is 0 Å². The van der Waals surface area contributed by atoms with Gasteiger partial charge in [-0.2, -0.15) is 0 Å². The van der Waals surface area contributed by atoms with E-state index in [1.54, 1.807) is 0 Å². The van der Waals surface area contributed by atoms with Crippen LogP contribution in [0.15, 0.2) is 0 Å². The van der Waals surface area contributed by atoms with Crippen LogP contribution in [0, 0.1) is 40.9 Å². The molecule has 22 heavy (non-hydrogen) atoms. The van der Waals surface area contributed by atoms with E-state index < -0.39 is 0 Å². The Morgan fingerprint density at radius 2 is 1.73 bits per heavy atom. The Hall–Kier alpha value is -0.660. The van der Waals surface area contributed by atoms with Crippen molar-refractivity contribution in [3.63, 3.8) is 0 Å². The lowest BCUT2D eigenvalue weighted by atomic mass is 9.47. The van der Waals surface area contributed by atoms with Crippen LogP contribution in [0.1, 0.15) is 71.6 Å². The molecule has 7 atom stereocenters. The predicted molar refractivity (Wildman–Crippen MR) is 86.3 cm³/mol. The molecule has 0 radical (unpaired) electrons. The first kappa shape index (κ1) is 14.9. The van der Waals surface area contributed by atoms with Crippen molar-refractivity contribution in [3.8, 4) is 0 Å². The molecule has 2 heteroatoms. The minimum Gasteiger partial charge on any atom is -0.300 e. The summed E-state index contributed by atoms with van der Waals surface area (Å²) < 4.78 is 0. The molecule has 0 saturated heterocycles. The minimum absolute atomic E-state index is 0.365. The molecule has 0 aromatic rings. The van der Waals surface area contributed by atoms with Crippen molar-refractivity contribution >= 4 is 11.6 Å². The smallest absolute Gasteiger partial charge is 0.133 e. The molecule has 4 saturated carbocycles. The standard InChI is InChI=1S/C20H30O2/c1-12(21)15-5-6-17-16(15)7-8-19-18(17)4-3-13-11-14(22)9-10-20(13,19)2/h13,15-19H,3-11H2,1-2H3/t13-,15+,16+,17+,18-,19-,20-/m0/s1. The first-order valence-electron chi connectivity index (χ1n) is 9.53. The zero-order valence-electron chi connectivity index (χ0n) is 14.1. The summed E-state index contributed by atoms with van der Waals surface area (Å²) in [5.41, 5.74) is 0.413. The molecule has 4 rings (SSSR count). The number of ketones is 2. The van der Waals surface area contributed by atoms with E-state index >= 15 is 0 Å². The number of hydrogen-bond donors (Lipinski definition) is 0. The molecule has 4 aliphatic rings. The van der Waals surface area contributed by atoms with Gasteiger partial charge in [0.25, 0.3) is 0 Å². The summed E-state index contributed by atoms with van der Waals surface area (Å²) in [6, 6.07) is 0. The van der Waals surface area contributed by atoms with Crippen LogP contribution < -0.4 is 0 Å². The van der Waals surface area contributed by atoms with Crippen LogP contribution in [0.25, 0.3) is 0 Å². The monoisotopic (exact) mass is 302 g/mol. The number of carbonyl (C=O) groups excluding carboxylic acids is 2. The van der Waals surface area contributed by atoms with Crippen LogP contribution in [0.4, 0.5) is 0 Å². The van der Waals surface area contributed by atoms with Gasteiger partial charge in [-0.25, -0.2) is 0 Å². The van der Waals surface area contributed by atoms with Crippen molar-refractivity contribution in [3.05, 3.63) is 0 Å². The third kappa shape index (κ3) is 2.05. The summed E-state index contributed by atoms with van der Waals surface area (Å²) in [6.45, 7) is 4.31. The fourth-order valence-electron chi connectivity index (χ4n) is 7.21. The Morgan fingerprint density at radius 3 is 2.50 bits per heavy atom. The van der Waals surface area contributed by atoms with E-state index in [0.717, 1.165) is 43.4 Å². The summed E-state index contributed by atoms with van der Waals surface area (Å²) in [4.78, 5) is 23.8. The first-order valence-corrected chi connectivity index (χ1v) is 9.53. The highest BCUT2D eigenvalue weighted by Crippen LogP contribution is 2.63. The van der Waals surface area contributed by atoms with Gasteiger partial charge in [-0.3, -0.25) is 9.59 Å². The molecule has 0 aliphatic heterocycles. The van der Waals surface area contributed by atoms with Crippen molar-refractivity contribution in [2.45, 2.75) is 71.6 Å². The third-order valence-corrected chi connectivity index (χ3v) is 8.32. The Bertz CT molecular complexity index is 496.